The molecule has 1 aromatic rings. The summed E-state index contributed by atoms with van der Waals surface area (Å²) >= 11 is 5.78. The van der Waals surface area contributed by atoms with Crippen molar-refractivity contribution in [3.63, 3.8) is 0 Å². The number of imide groups is 1. The second kappa shape index (κ2) is 7.66. The van der Waals surface area contributed by atoms with Crippen LogP contribution in [-0.2, 0) is 9.53 Å². The van der Waals surface area contributed by atoms with Crippen LogP contribution in [0.4, 0.5) is 23.7 Å². The molecule has 1 aromatic carbocycles. The molecule has 6 nitrogen and oxygen atoms in total. The first kappa shape index (κ1) is 19.6. The second-order valence-corrected chi connectivity index (χ2v) is 5.72. The summed E-state index contributed by atoms with van der Waals surface area (Å²) in [4.78, 5) is 36.8. The van der Waals surface area contributed by atoms with Gasteiger partial charge in [0, 0.05) is 12.5 Å². The van der Waals surface area contributed by atoms with Crippen molar-refractivity contribution in [3.05, 3.63) is 28.5 Å². The number of hydrogen-bond acceptors (Lipinski definition) is 4. The highest BCUT2D eigenvalue weighted by atomic mass is 35.5. The molecule has 0 aromatic heterocycles. The first-order valence-corrected chi connectivity index (χ1v) is 7.59. The average molecular weight is 389 g/mol. The lowest BCUT2D eigenvalue weighted by molar-refractivity contribution is -0.122. The number of ether oxygens (including phenoxy) is 1. The zero-order chi connectivity index (χ0) is 19.6. The standard InChI is InChI=1S/C16H12ClF3N2O4/c1-3-4-26-14(24)9-6-12(11(18)7-10(9)17)22-13(23)5-8(2)21(15(19)20)16(22)25/h1,6-8,15H,4-5H2,2H3. The van der Waals surface area contributed by atoms with Crippen LogP contribution in [-0.4, -0.2) is 42.0 Å². The summed E-state index contributed by atoms with van der Waals surface area (Å²) in [6.07, 6.45) is 4.51. The van der Waals surface area contributed by atoms with E-state index < -0.39 is 48.4 Å². The van der Waals surface area contributed by atoms with Crippen LogP contribution in [0.25, 0.3) is 0 Å². The Morgan fingerprint density at radius 2 is 2.12 bits per heavy atom. The minimum atomic E-state index is -3.19. The number of amides is 3. The predicted octanol–water partition coefficient (Wildman–Crippen LogP) is 3.04. The van der Waals surface area contributed by atoms with Gasteiger partial charge in [-0.05, 0) is 19.1 Å². The highest BCUT2D eigenvalue weighted by Gasteiger charge is 2.42. The summed E-state index contributed by atoms with van der Waals surface area (Å²) in [6, 6.07) is -1.02. The molecule has 1 fully saturated rings. The van der Waals surface area contributed by atoms with Gasteiger partial charge in [-0.2, -0.15) is 8.78 Å². The summed E-state index contributed by atoms with van der Waals surface area (Å²) < 4.78 is 45.2. The largest absolute Gasteiger partial charge is 0.449 e. The fraction of sp³-hybridized carbons (Fsp3) is 0.312. The fourth-order valence-corrected chi connectivity index (χ4v) is 2.64. The van der Waals surface area contributed by atoms with E-state index >= 15 is 0 Å². The van der Waals surface area contributed by atoms with Gasteiger partial charge in [0.15, 0.2) is 6.61 Å². The molecule has 0 spiro atoms. The molecule has 0 radical (unpaired) electrons. The number of esters is 1. The number of terminal acetylenes is 1. The van der Waals surface area contributed by atoms with Gasteiger partial charge in [0.05, 0.1) is 16.3 Å². The minimum Gasteiger partial charge on any atom is -0.449 e. The number of alkyl halides is 2. The molecule has 1 saturated heterocycles. The number of benzene rings is 1. The molecule has 1 aliphatic heterocycles. The number of nitrogens with zero attached hydrogens (tertiary/aromatic N) is 2. The SMILES string of the molecule is C#CCOC(=O)c1cc(N2C(=O)CC(C)N(C(F)F)C2=O)c(F)cc1Cl. The molecular formula is C16H12ClF3N2O4. The van der Waals surface area contributed by atoms with E-state index in [1.165, 1.54) is 6.92 Å². The minimum absolute atomic E-state index is 0.145. The lowest BCUT2D eigenvalue weighted by Gasteiger charge is -2.38. The molecule has 1 atom stereocenters. The molecule has 1 unspecified atom stereocenters. The zero-order valence-corrected chi connectivity index (χ0v) is 14.1. The Morgan fingerprint density at radius 1 is 1.46 bits per heavy atom. The normalized spacial score (nSPS) is 17.5. The van der Waals surface area contributed by atoms with Crippen molar-refractivity contribution in [3.8, 4) is 12.3 Å². The Morgan fingerprint density at radius 3 is 2.69 bits per heavy atom. The maximum Gasteiger partial charge on any atom is 0.340 e. The van der Waals surface area contributed by atoms with Crippen LogP contribution >= 0.6 is 11.6 Å². The Balaban J connectivity index is 2.49. The van der Waals surface area contributed by atoms with Crippen LogP contribution in [0.1, 0.15) is 23.7 Å². The predicted molar refractivity (Wildman–Crippen MR) is 85.3 cm³/mol. The van der Waals surface area contributed by atoms with Crippen LogP contribution < -0.4 is 4.90 Å². The third-order valence-corrected chi connectivity index (χ3v) is 3.91. The van der Waals surface area contributed by atoms with E-state index in [2.05, 4.69) is 4.74 Å². The topological polar surface area (TPSA) is 66.9 Å². The quantitative estimate of drug-likeness (QED) is 0.452. The average Bonchev–Trinajstić information content (AvgIpc) is 2.53. The van der Waals surface area contributed by atoms with Gasteiger partial charge in [0.25, 0.3) is 0 Å². The zero-order valence-electron chi connectivity index (χ0n) is 13.3. The van der Waals surface area contributed by atoms with E-state index in [1.807, 2.05) is 5.92 Å². The van der Waals surface area contributed by atoms with E-state index in [-0.39, 0.29) is 27.0 Å². The van der Waals surface area contributed by atoms with Gasteiger partial charge in [-0.3, -0.25) is 9.69 Å². The Bertz CT molecular complexity index is 809. The Labute approximate surface area is 151 Å². The second-order valence-electron chi connectivity index (χ2n) is 5.31. The van der Waals surface area contributed by atoms with E-state index in [0.717, 1.165) is 6.07 Å². The van der Waals surface area contributed by atoms with E-state index in [4.69, 9.17) is 18.0 Å². The monoisotopic (exact) mass is 388 g/mol. The van der Waals surface area contributed by atoms with Crippen molar-refractivity contribution in [1.82, 2.24) is 4.90 Å². The number of carbonyl (C=O) groups is 3. The number of anilines is 1. The smallest absolute Gasteiger partial charge is 0.340 e. The van der Waals surface area contributed by atoms with Gasteiger partial charge in [0.1, 0.15) is 5.82 Å². The van der Waals surface area contributed by atoms with Gasteiger partial charge in [-0.25, -0.2) is 18.9 Å². The highest BCUT2D eigenvalue weighted by molar-refractivity contribution is 6.34. The summed E-state index contributed by atoms with van der Waals surface area (Å²) in [5.74, 6) is -1.02. The summed E-state index contributed by atoms with van der Waals surface area (Å²) in [7, 11) is 0. The van der Waals surface area contributed by atoms with Gasteiger partial charge in [0.2, 0.25) is 5.91 Å². The number of carbonyl (C=O) groups excluding carboxylic acids is 3. The van der Waals surface area contributed by atoms with Crippen molar-refractivity contribution in [2.45, 2.75) is 25.9 Å². The van der Waals surface area contributed by atoms with Crippen molar-refractivity contribution < 1.29 is 32.3 Å². The lowest BCUT2D eigenvalue weighted by Crippen LogP contribution is -2.58. The molecule has 1 aliphatic rings. The molecule has 0 N–H and O–H groups in total. The van der Waals surface area contributed by atoms with Crippen molar-refractivity contribution in [2.24, 2.45) is 0 Å². The van der Waals surface area contributed by atoms with Crippen LogP contribution in [0.3, 0.4) is 0 Å². The van der Waals surface area contributed by atoms with Crippen molar-refractivity contribution in [2.75, 3.05) is 11.5 Å². The molecule has 3 amide bonds. The van der Waals surface area contributed by atoms with Crippen LogP contribution in [0.5, 0.6) is 0 Å². The lowest BCUT2D eigenvalue weighted by atomic mass is 10.1. The molecule has 10 heteroatoms. The number of halogens is 4. The maximum absolute atomic E-state index is 14.3. The molecule has 0 bridgehead atoms. The van der Waals surface area contributed by atoms with Gasteiger partial charge < -0.3 is 4.74 Å². The molecule has 138 valence electrons. The van der Waals surface area contributed by atoms with E-state index in [1.54, 1.807) is 0 Å². The number of urea groups is 1. The number of rotatable bonds is 4. The summed E-state index contributed by atoms with van der Waals surface area (Å²) in [5.41, 5.74) is -1.06. The maximum atomic E-state index is 14.3. The van der Waals surface area contributed by atoms with Gasteiger partial charge in [-0.1, -0.05) is 17.5 Å². The highest BCUT2D eigenvalue weighted by Crippen LogP contribution is 2.32. The summed E-state index contributed by atoms with van der Waals surface area (Å²) in [6.45, 7) is -2.32. The third kappa shape index (κ3) is 3.60. The van der Waals surface area contributed by atoms with Crippen LogP contribution in [0.2, 0.25) is 5.02 Å². The molecular weight excluding hydrogens is 377 g/mol. The number of hydrogen-bond donors (Lipinski definition) is 0. The molecule has 0 aliphatic carbocycles. The van der Waals surface area contributed by atoms with Crippen LogP contribution in [0.15, 0.2) is 12.1 Å². The summed E-state index contributed by atoms with van der Waals surface area (Å²) in [5, 5.41) is -0.357. The first-order chi connectivity index (χ1) is 12.2. The molecule has 0 saturated carbocycles. The van der Waals surface area contributed by atoms with Gasteiger partial charge in [-0.15, -0.1) is 6.42 Å². The first-order valence-electron chi connectivity index (χ1n) is 7.22. The van der Waals surface area contributed by atoms with Crippen molar-refractivity contribution >= 4 is 35.2 Å². The van der Waals surface area contributed by atoms with Crippen LogP contribution in [0, 0.1) is 18.2 Å². The molecule has 2 rings (SSSR count). The van der Waals surface area contributed by atoms with E-state index in [0.29, 0.717) is 6.07 Å². The Kier molecular flexibility index (Phi) is 5.77. The van der Waals surface area contributed by atoms with E-state index in [9.17, 15) is 27.6 Å². The molecule has 26 heavy (non-hydrogen) atoms. The molecule has 1 heterocycles. The Hall–Kier alpha value is -2.73. The third-order valence-electron chi connectivity index (χ3n) is 3.60. The van der Waals surface area contributed by atoms with Crippen molar-refractivity contribution in [1.29, 1.82) is 0 Å². The van der Waals surface area contributed by atoms with Gasteiger partial charge >= 0.3 is 18.5 Å². The fourth-order valence-electron chi connectivity index (χ4n) is 2.42.